The molecule has 0 bridgehead atoms. The Morgan fingerprint density at radius 3 is 2.46 bits per heavy atom. The number of amides is 1. The van der Waals surface area contributed by atoms with Crippen molar-refractivity contribution in [2.75, 3.05) is 32.6 Å². The van der Waals surface area contributed by atoms with E-state index < -0.39 is 0 Å². The smallest absolute Gasteiger partial charge is 0.224 e. The Balaban J connectivity index is 0.00000264. The molecule has 1 aromatic rings. The minimum absolute atomic E-state index is 0. The summed E-state index contributed by atoms with van der Waals surface area (Å²) in [6.45, 7) is 1.53. The zero-order valence-electron chi connectivity index (χ0n) is 14.4. The van der Waals surface area contributed by atoms with Crippen molar-refractivity contribution in [3.63, 3.8) is 0 Å². The van der Waals surface area contributed by atoms with Crippen LogP contribution in [0.1, 0.15) is 25.7 Å². The molecule has 2 rings (SSSR count). The fourth-order valence-corrected chi connectivity index (χ4v) is 2.75. The SMILES string of the molecule is CN(C)CCOc1ccc(NC(=O)C[C@@H]2CCC[C@H]2N)cc1.Cl.Cl. The number of rotatable bonds is 7. The van der Waals surface area contributed by atoms with Crippen LogP contribution in [-0.2, 0) is 4.79 Å². The van der Waals surface area contributed by atoms with Gasteiger partial charge in [-0.05, 0) is 57.1 Å². The van der Waals surface area contributed by atoms with Crippen LogP contribution in [0, 0.1) is 5.92 Å². The molecular weight excluding hydrogens is 349 g/mol. The summed E-state index contributed by atoms with van der Waals surface area (Å²) < 4.78 is 5.63. The van der Waals surface area contributed by atoms with Gasteiger partial charge in [0.2, 0.25) is 5.91 Å². The number of hydrogen-bond acceptors (Lipinski definition) is 4. The maximum atomic E-state index is 12.0. The number of ether oxygens (including phenoxy) is 1. The number of nitrogens with two attached hydrogens (primary N) is 1. The molecule has 1 aliphatic rings. The molecule has 7 heteroatoms. The summed E-state index contributed by atoms with van der Waals surface area (Å²) in [4.78, 5) is 14.1. The van der Waals surface area contributed by atoms with Crippen LogP contribution in [0.4, 0.5) is 5.69 Å². The number of hydrogen-bond donors (Lipinski definition) is 2. The number of benzene rings is 1. The Hall–Kier alpha value is -1.01. The molecule has 0 saturated heterocycles. The fraction of sp³-hybridized carbons (Fsp3) is 0.588. The van der Waals surface area contributed by atoms with Crippen LogP contribution in [-0.4, -0.2) is 44.1 Å². The van der Waals surface area contributed by atoms with Gasteiger partial charge in [0.25, 0.3) is 0 Å². The molecule has 0 aliphatic heterocycles. The van der Waals surface area contributed by atoms with Gasteiger partial charge in [-0.2, -0.15) is 0 Å². The van der Waals surface area contributed by atoms with Gasteiger partial charge >= 0.3 is 0 Å². The predicted octanol–water partition coefficient (Wildman–Crippen LogP) is 2.93. The van der Waals surface area contributed by atoms with Gasteiger partial charge in [-0.25, -0.2) is 0 Å². The van der Waals surface area contributed by atoms with Crippen molar-refractivity contribution < 1.29 is 9.53 Å². The van der Waals surface area contributed by atoms with Crippen LogP contribution in [0.15, 0.2) is 24.3 Å². The van der Waals surface area contributed by atoms with E-state index in [4.69, 9.17) is 10.5 Å². The monoisotopic (exact) mass is 377 g/mol. The topological polar surface area (TPSA) is 67.6 Å². The Bertz CT molecular complexity index is 483. The number of nitrogens with zero attached hydrogens (tertiary/aromatic N) is 1. The van der Waals surface area contributed by atoms with Crippen LogP contribution in [0.2, 0.25) is 0 Å². The molecule has 2 atom stereocenters. The molecule has 0 heterocycles. The van der Waals surface area contributed by atoms with E-state index in [2.05, 4.69) is 10.2 Å². The summed E-state index contributed by atoms with van der Waals surface area (Å²) in [6, 6.07) is 7.69. The Morgan fingerprint density at radius 2 is 1.92 bits per heavy atom. The Morgan fingerprint density at radius 1 is 1.25 bits per heavy atom. The van der Waals surface area contributed by atoms with Crippen molar-refractivity contribution in [3.8, 4) is 5.75 Å². The normalized spacial score (nSPS) is 19.3. The number of carbonyl (C=O) groups is 1. The summed E-state index contributed by atoms with van der Waals surface area (Å²) in [5, 5.41) is 2.93. The molecule has 1 saturated carbocycles. The minimum atomic E-state index is 0. The first-order chi connectivity index (χ1) is 10.5. The Labute approximate surface area is 157 Å². The third-order valence-corrected chi connectivity index (χ3v) is 4.11. The number of halogens is 2. The third kappa shape index (κ3) is 7.71. The van der Waals surface area contributed by atoms with Gasteiger partial charge in [-0.15, -0.1) is 24.8 Å². The second-order valence-corrected chi connectivity index (χ2v) is 6.28. The maximum Gasteiger partial charge on any atom is 0.224 e. The molecule has 1 aliphatic carbocycles. The molecule has 1 aromatic carbocycles. The highest BCUT2D eigenvalue weighted by atomic mass is 35.5. The van der Waals surface area contributed by atoms with Gasteiger partial charge in [0.1, 0.15) is 12.4 Å². The molecule has 0 spiro atoms. The van der Waals surface area contributed by atoms with E-state index >= 15 is 0 Å². The molecule has 1 fully saturated rings. The summed E-state index contributed by atoms with van der Waals surface area (Å²) in [5.41, 5.74) is 6.81. The van der Waals surface area contributed by atoms with E-state index in [-0.39, 0.29) is 36.8 Å². The van der Waals surface area contributed by atoms with Crippen molar-refractivity contribution in [2.45, 2.75) is 31.7 Å². The van der Waals surface area contributed by atoms with Crippen molar-refractivity contribution in [2.24, 2.45) is 11.7 Å². The van der Waals surface area contributed by atoms with E-state index in [0.717, 1.165) is 37.2 Å². The minimum Gasteiger partial charge on any atom is -0.492 e. The number of nitrogens with one attached hydrogen (secondary N) is 1. The molecule has 5 nitrogen and oxygen atoms in total. The lowest BCUT2D eigenvalue weighted by atomic mass is 10.00. The Kier molecular flexibility index (Phi) is 11.0. The number of anilines is 1. The molecule has 24 heavy (non-hydrogen) atoms. The average Bonchev–Trinajstić information content (AvgIpc) is 2.86. The quantitative estimate of drug-likeness (QED) is 0.766. The van der Waals surface area contributed by atoms with E-state index in [1.165, 1.54) is 0 Å². The standard InChI is InChI=1S/C17H27N3O2.2ClH/c1-20(2)10-11-22-15-8-6-14(7-9-15)19-17(21)12-13-4-3-5-16(13)18;;/h6-9,13,16H,3-5,10-12,18H2,1-2H3,(H,19,21);2*1H/t13-,16+;;/m0../s1. The van der Waals surface area contributed by atoms with Gasteiger partial charge in [-0.1, -0.05) is 6.42 Å². The lowest BCUT2D eigenvalue weighted by Gasteiger charge is -2.15. The second kappa shape index (κ2) is 11.5. The molecular formula is C17H29Cl2N3O2. The van der Waals surface area contributed by atoms with Crippen molar-refractivity contribution in [1.82, 2.24) is 4.90 Å². The molecule has 3 N–H and O–H groups in total. The first-order valence-corrected chi connectivity index (χ1v) is 7.97. The van der Waals surface area contributed by atoms with Gasteiger partial charge in [0.05, 0.1) is 0 Å². The average molecular weight is 378 g/mol. The predicted molar refractivity (Wildman–Crippen MR) is 104 cm³/mol. The first kappa shape index (κ1) is 23.0. The summed E-state index contributed by atoms with van der Waals surface area (Å²) in [7, 11) is 4.02. The van der Waals surface area contributed by atoms with E-state index in [0.29, 0.717) is 18.9 Å². The molecule has 0 aromatic heterocycles. The van der Waals surface area contributed by atoms with Gasteiger partial charge < -0.3 is 20.7 Å². The molecule has 1 amide bonds. The number of likely N-dealkylation sites (N-methyl/N-ethyl adjacent to an activating group) is 1. The fourth-order valence-electron chi connectivity index (χ4n) is 2.75. The second-order valence-electron chi connectivity index (χ2n) is 6.28. The van der Waals surface area contributed by atoms with Crippen LogP contribution < -0.4 is 15.8 Å². The zero-order chi connectivity index (χ0) is 15.9. The van der Waals surface area contributed by atoms with Crippen LogP contribution in [0.25, 0.3) is 0 Å². The summed E-state index contributed by atoms with van der Waals surface area (Å²) >= 11 is 0. The molecule has 138 valence electrons. The zero-order valence-corrected chi connectivity index (χ0v) is 16.0. The van der Waals surface area contributed by atoms with E-state index in [1.54, 1.807) is 0 Å². The van der Waals surface area contributed by atoms with E-state index in [9.17, 15) is 4.79 Å². The maximum absolute atomic E-state index is 12.0. The lowest BCUT2D eigenvalue weighted by Crippen LogP contribution is -2.28. The highest BCUT2D eigenvalue weighted by molar-refractivity contribution is 5.90. The molecule has 0 unspecified atom stereocenters. The van der Waals surface area contributed by atoms with Crippen LogP contribution in [0.5, 0.6) is 5.75 Å². The van der Waals surface area contributed by atoms with Gasteiger partial charge in [0.15, 0.2) is 0 Å². The third-order valence-electron chi connectivity index (χ3n) is 4.11. The van der Waals surface area contributed by atoms with Crippen molar-refractivity contribution in [3.05, 3.63) is 24.3 Å². The van der Waals surface area contributed by atoms with Crippen LogP contribution in [0.3, 0.4) is 0 Å². The lowest BCUT2D eigenvalue weighted by molar-refractivity contribution is -0.117. The van der Waals surface area contributed by atoms with Crippen LogP contribution >= 0.6 is 24.8 Å². The van der Waals surface area contributed by atoms with Crippen molar-refractivity contribution >= 4 is 36.4 Å². The largest absolute Gasteiger partial charge is 0.492 e. The summed E-state index contributed by atoms with van der Waals surface area (Å²) in [6.07, 6.45) is 3.75. The van der Waals surface area contributed by atoms with E-state index in [1.807, 2.05) is 38.4 Å². The van der Waals surface area contributed by atoms with Crippen molar-refractivity contribution in [1.29, 1.82) is 0 Å². The van der Waals surface area contributed by atoms with Gasteiger partial charge in [0, 0.05) is 24.7 Å². The highest BCUT2D eigenvalue weighted by Crippen LogP contribution is 2.27. The number of carbonyl (C=O) groups excluding carboxylic acids is 1. The van der Waals surface area contributed by atoms with Gasteiger partial charge in [-0.3, -0.25) is 4.79 Å². The first-order valence-electron chi connectivity index (χ1n) is 7.97. The highest BCUT2D eigenvalue weighted by Gasteiger charge is 2.25. The summed E-state index contributed by atoms with van der Waals surface area (Å²) in [5.74, 6) is 1.19. The molecule has 0 radical (unpaired) electrons.